The summed E-state index contributed by atoms with van der Waals surface area (Å²) < 4.78 is 0. The largest absolute Gasteiger partial charge is 0.370 e. The Labute approximate surface area is 112 Å². The van der Waals surface area contributed by atoms with E-state index in [0.29, 0.717) is 11.7 Å². The first-order chi connectivity index (χ1) is 8.79. The molecule has 2 N–H and O–H groups in total. The number of nitrogens with zero attached hydrogens (tertiary/aromatic N) is 1. The summed E-state index contributed by atoms with van der Waals surface area (Å²) in [5.74, 6) is 2.91. The van der Waals surface area contributed by atoms with E-state index in [0.717, 1.165) is 24.5 Å². The van der Waals surface area contributed by atoms with Gasteiger partial charge in [-0.3, -0.25) is 4.79 Å². The van der Waals surface area contributed by atoms with E-state index < -0.39 is 0 Å². The van der Waals surface area contributed by atoms with Gasteiger partial charge in [-0.1, -0.05) is 6.07 Å². The Bertz CT molecular complexity index is 405. The summed E-state index contributed by atoms with van der Waals surface area (Å²) in [7, 11) is 0. The van der Waals surface area contributed by atoms with Crippen molar-refractivity contribution in [2.75, 3.05) is 23.4 Å². The molecule has 0 aromatic carbocycles. The second-order valence-electron chi connectivity index (χ2n) is 4.33. The molecule has 2 heterocycles. The van der Waals surface area contributed by atoms with Gasteiger partial charge in [-0.15, -0.1) is 0 Å². The average Bonchev–Trinajstić information content (AvgIpc) is 2.40. The van der Waals surface area contributed by atoms with E-state index in [1.165, 1.54) is 12.2 Å². The zero-order chi connectivity index (χ0) is 12.8. The number of carbonyl (C=O) groups excluding carboxylic acids is 1. The van der Waals surface area contributed by atoms with Gasteiger partial charge in [0.25, 0.3) is 5.91 Å². The summed E-state index contributed by atoms with van der Waals surface area (Å²) in [6.45, 7) is 2.81. The predicted octanol–water partition coefficient (Wildman–Crippen LogP) is 2.14. The lowest BCUT2D eigenvalue weighted by atomic mass is 10.2. The van der Waals surface area contributed by atoms with Gasteiger partial charge in [-0.25, -0.2) is 4.98 Å². The van der Waals surface area contributed by atoms with E-state index >= 15 is 0 Å². The minimum atomic E-state index is -0.0674. The van der Waals surface area contributed by atoms with Crippen molar-refractivity contribution in [3.05, 3.63) is 23.9 Å². The van der Waals surface area contributed by atoms with Gasteiger partial charge in [0.1, 0.15) is 11.5 Å². The Morgan fingerprint density at radius 1 is 1.56 bits per heavy atom. The third-order valence-electron chi connectivity index (χ3n) is 2.84. The van der Waals surface area contributed by atoms with Gasteiger partial charge in [0.05, 0.1) is 0 Å². The van der Waals surface area contributed by atoms with Gasteiger partial charge >= 0.3 is 0 Å². The molecule has 1 amide bonds. The van der Waals surface area contributed by atoms with Crippen molar-refractivity contribution in [3.63, 3.8) is 0 Å². The van der Waals surface area contributed by atoms with Crippen LogP contribution in [-0.4, -0.2) is 35.0 Å². The van der Waals surface area contributed by atoms with Crippen LogP contribution in [0.4, 0.5) is 5.82 Å². The maximum absolute atomic E-state index is 12.1. The maximum Gasteiger partial charge on any atom is 0.270 e. The molecule has 98 valence electrons. The molecule has 0 spiro atoms. The normalized spacial score (nSPS) is 19.3. The number of carbonyl (C=O) groups is 1. The molecule has 0 aliphatic carbocycles. The van der Waals surface area contributed by atoms with Crippen LogP contribution in [0.3, 0.4) is 0 Å². The number of rotatable bonds is 4. The molecule has 1 aromatic heterocycles. The lowest BCUT2D eigenvalue weighted by Gasteiger charge is -2.22. The van der Waals surface area contributed by atoms with Crippen molar-refractivity contribution in [2.45, 2.75) is 25.8 Å². The second-order valence-corrected chi connectivity index (χ2v) is 5.48. The summed E-state index contributed by atoms with van der Waals surface area (Å²) in [6.07, 6.45) is 2.26. The zero-order valence-corrected chi connectivity index (χ0v) is 11.4. The van der Waals surface area contributed by atoms with Crippen LogP contribution in [0.5, 0.6) is 0 Å². The average molecular weight is 265 g/mol. The van der Waals surface area contributed by atoms with Crippen molar-refractivity contribution in [3.8, 4) is 0 Å². The molecule has 1 unspecified atom stereocenters. The topological polar surface area (TPSA) is 54.0 Å². The Hall–Kier alpha value is -1.23. The Balaban J connectivity index is 1.96. The highest BCUT2D eigenvalue weighted by molar-refractivity contribution is 7.99. The highest BCUT2D eigenvalue weighted by Gasteiger charge is 2.17. The van der Waals surface area contributed by atoms with E-state index in [9.17, 15) is 4.79 Å². The SMILES string of the molecule is CCNc1cccc(C(=O)NC2CCCSC2)n1. The van der Waals surface area contributed by atoms with Gasteiger partial charge < -0.3 is 10.6 Å². The number of pyridine rings is 1. The number of hydrogen-bond donors (Lipinski definition) is 2. The molecular formula is C13H19N3OS. The summed E-state index contributed by atoms with van der Waals surface area (Å²) in [4.78, 5) is 16.4. The second kappa shape index (κ2) is 6.64. The summed E-state index contributed by atoms with van der Waals surface area (Å²) >= 11 is 1.90. The number of nitrogens with one attached hydrogen (secondary N) is 2. The minimum Gasteiger partial charge on any atom is -0.370 e. The van der Waals surface area contributed by atoms with Crippen LogP contribution >= 0.6 is 11.8 Å². The molecule has 0 radical (unpaired) electrons. The van der Waals surface area contributed by atoms with E-state index in [2.05, 4.69) is 15.6 Å². The molecule has 5 heteroatoms. The third kappa shape index (κ3) is 3.63. The fraction of sp³-hybridized carbons (Fsp3) is 0.538. The number of amides is 1. The van der Waals surface area contributed by atoms with E-state index in [-0.39, 0.29) is 5.91 Å². The number of anilines is 1. The molecule has 1 aromatic rings. The molecule has 4 nitrogen and oxygen atoms in total. The summed E-state index contributed by atoms with van der Waals surface area (Å²) in [6, 6.07) is 5.78. The predicted molar refractivity (Wildman–Crippen MR) is 76.2 cm³/mol. The molecule has 0 saturated carbocycles. The number of thioether (sulfide) groups is 1. The van der Waals surface area contributed by atoms with Crippen molar-refractivity contribution in [1.29, 1.82) is 0 Å². The van der Waals surface area contributed by atoms with Crippen LogP contribution in [0.2, 0.25) is 0 Å². The smallest absolute Gasteiger partial charge is 0.270 e. The highest BCUT2D eigenvalue weighted by atomic mass is 32.2. The van der Waals surface area contributed by atoms with Gasteiger partial charge in [-0.2, -0.15) is 11.8 Å². The minimum absolute atomic E-state index is 0.0674. The lowest BCUT2D eigenvalue weighted by molar-refractivity contribution is 0.0933. The first-order valence-corrected chi connectivity index (χ1v) is 7.54. The molecule has 0 bridgehead atoms. The molecule has 1 fully saturated rings. The molecule has 1 atom stereocenters. The zero-order valence-electron chi connectivity index (χ0n) is 10.6. The number of hydrogen-bond acceptors (Lipinski definition) is 4. The third-order valence-corrected chi connectivity index (χ3v) is 4.05. The monoisotopic (exact) mass is 265 g/mol. The summed E-state index contributed by atoms with van der Waals surface area (Å²) in [5, 5.41) is 6.17. The van der Waals surface area contributed by atoms with Crippen molar-refractivity contribution < 1.29 is 4.79 Å². The van der Waals surface area contributed by atoms with Crippen LogP contribution in [-0.2, 0) is 0 Å². The van der Waals surface area contributed by atoms with Crippen LogP contribution in [0, 0.1) is 0 Å². The lowest BCUT2D eigenvalue weighted by Crippen LogP contribution is -2.38. The molecule has 18 heavy (non-hydrogen) atoms. The Kier molecular flexibility index (Phi) is 4.87. The van der Waals surface area contributed by atoms with Gasteiger partial charge in [0.15, 0.2) is 0 Å². The van der Waals surface area contributed by atoms with Crippen LogP contribution in [0.25, 0.3) is 0 Å². The standard InChI is InChI=1S/C13H19N3OS/c1-2-14-12-7-3-6-11(16-12)13(17)15-10-5-4-8-18-9-10/h3,6-7,10H,2,4-5,8-9H2,1H3,(H,14,16)(H,15,17). The van der Waals surface area contributed by atoms with E-state index in [1.54, 1.807) is 6.07 Å². The highest BCUT2D eigenvalue weighted by Crippen LogP contribution is 2.17. The van der Waals surface area contributed by atoms with Crippen molar-refractivity contribution >= 4 is 23.5 Å². The molecule has 1 aliphatic rings. The quantitative estimate of drug-likeness (QED) is 0.876. The molecule has 1 saturated heterocycles. The van der Waals surface area contributed by atoms with Crippen molar-refractivity contribution in [1.82, 2.24) is 10.3 Å². The first kappa shape index (κ1) is 13.2. The fourth-order valence-electron chi connectivity index (χ4n) is 1.95. The Morgan fingerprint density at radius 3 is 3.17 bits per heavy atom. The van der Waals surface area contributed by atoms with E-state index in [4.69, 9.17) is 0 Å². The van der Waals surface area contributed by atoms with Crippen molar-refractivity contribution in [2.24, 2.45) is 0 Å². The maximum atomic E-state index is 12.1. The van der Waals surface area contributed by atoms with Crippen LogP contribution < -0.4 is 10.6 Å². The molecule has 2 rings (SSSR count). The number of aromatic nitrogens is 1. The first-order valence-electron chi connectivity index (χ1n) is 6.39. The fourth-order valence-corrected chi connectivity index (χ4v) is 3.03. The Morgan fingerprint density at radius 2 is 2.44 bits per heavy atom. The van der Waals surface area contributed by atoms with E-state index in [1.807, 2.05) is 30.8 Å². The van der Waals surface area contributed by atoms with Crippen LogP contribution in [0.15, 0.2) is 18.2 Å². The summed E-state index contributed by atoms with van der Waals surface area (Å²) in [5.41, 5.74) is 0.490. The van der Waals surface area contributed by atoms with Gasteiger partial charge in [-0.05, 0) is 37.7 Å². The van der Waals surface area contributed by atoms with Gasteiger partial charge in [0.2, 0.25) is 0 Å². The van der Waals surface area contributed by atoms with Crippen LogP contribution in [0.1, 0.15) is 30.3 Å². The molecule has 1 aliphatic heterocycles. The molecular weight excluding hydrogens is 246 g/mol. The van der Waals surface area contributed by atoms with Gasteiger partial charge in [0, 0.05) is 18.3 Å².